The molecule has 1 aromatic carbocycles. The summed E-state index contributed by atoms with van der Waals surface area (Å²) in [5, 5.41) is 0.591. The predicted molar refractivity (Wildman–Crippen MR) is 108 cm³/mol. The van der Waals surface area contributed by atoms with Crippen LogP contribution < -0.4 is 17.0 Å². The third-order valence-electron chi connectivity index (χ3n) is 5.97. The Kier molecular flexibility index (Phi) is 4.88. The van der Waals surface area contributed by atoms with Gasteiger partial charge < -0.3 is 15.0 Å². The monoisotopic (exact) mass is 418 g/mol. The maximum absolute atomic E-state index is 12.4. The summed E-state index contributed by atoms with van der Waals surface area (Å²) < 4.78 is 8.72. The third-order valence-corrected chi connectivity index (χ3v) is 6.20. The van der Waals surface area contributed by atoms with Gasteiger partial charge in [0.25, 0.3) is 11.5 Å². The number of amides is 1. The lowest BCUT2D eigenvalue weighted by atomic mass is 9.83. The Bertz CT molecular complexity index is 1100. The first kappa shape index (κ1) is 19.9. The molecule has 2 aliphatic rings. The smallest absolute Gasteiger partial charge is 0.330 e. The van der Waals surface area contributed by atoms with Gasteiger partial charge in [-0.15, -0.1) is 0 Å². The highest BCUT2D eigenvalue weighted by atomic mass is 35.5. The van der Waals surface area contributed by atoms with E-state index in [0.717, 1.165) is 15.7 Å². The van der Waals surface area contributed by atoms with Crippen LogP contribution in [-0.4, -0.2) is 33.0 Å². The fourth-order valence-electron chi connectivity index (χ4n) is 4.41. The summed E-state index contributed by atoms with van der Waals surface area (Å²) in [6, 6.07) is 5.41. The summed E-state index contributed by atoms with van der Waals surface area (Å²) in [6.45, 7) is 1.78. The highest BCUT2D eigenvalue weighted by Gasteiger charge is 2.48. The number of primary amides is 1. The molecule has 0 bridgehead atoms. The fraction of sp³-hybridized carbons (Fsp3) is 0.450. The lowest BCUT2D eigenvalue weighted by molar-refractivity contribution is -0.148. The van der Waals surface area contributed by atoms with E-state index in [0.29, 0.717) is 43.1 Å². The molecule has 1 spiro atoms. The van der Waals surface area contributed by atoms with Gasteiger partial charge in [0.2, 0.25) is 0 Å². The lowest BCUT2D eigenvalue weighted by Gasteiger charge is -2.39. The zero-order chi connectivity index (χ0) is 20.9. The van der Waals surface area contributed by atoms with E-state index in [1.807, 2.05) is 12.1 Å². The molecule has 0 saturated carbocycles. The molecule has 1 amide bonds. The molecule has 2 aromatic rings. The van der Waals surface area contributed by atoms with E-state index in [1.165, 1.54) is 11.6 Å². The molecule has 0 radical (unpaired) electrons. The number of fused-ring (bicyclic) bond motifs is 2. The first-order chi connectivity index (χ1) is 13.7. The molecule has 1 fully saturated rings. The number of benzene rings is 1. The molecule has 8 nitrogen and oxygen atoms in total. The standard InChI is InChI=1S/C20H23ClN4O4/c1-23-10-12(18(27)24(2)19(23)28)11-25-7-5-20(6-8-25)15-9-13(21)3-4-14(15)16(29-20)17(22)26/h3-4,9-10,16H,5-8,11H2,1-2H3,(H2,22,26). The lowest BCUT2D eigenvalue weighted by Crippen LogP contribution is -2.45. The number of likely N-dealkylation sites (tertiary alicyclic amines) is 1. The number of halogens is 1. The molecule has 9 heteroatoms. The minimum atomic E-state index is -0.773. The average molecular weight is 419 g/mol. The number of hydrogen-bond donors (Lipinski definition) is 1. The number of hydrogen-bond acceptors (Lipinski definition) is 5. The molecule has 1 unspecified atom stereocenters. The second-order valence-corrected chi connectivity index (χ2v) is 8.25. The largest absolute Gasteiger partial charge is 0.367 e. The Morgan fingerprint density at radius 3 is 2.62 bits per heavy atom. The minimum Gasteiger partial charge on any atom is -0.367 e. The zero-order valence-electron chi connectivity index (χ0n) is 16.4. The number of nitrogens with zero attached hydrogens (tertiary/aromatic N) is 3. The van der Waals surface area contributed by atoms with Crippen molar-refractivity contribution < 1.29 is 9.53 Å². The highest BCUT2D eigenvalue weighted by molar-refractivity contribution is 6.30. The van der Waals surface area contributed by atoms with E-state index >= 15 is 0 Å². The molecule has 3 heterocycles. The topological polar surface area (TPSA) is 99.6 Å². The second-order valence-electron chi connectivity index (χ2n) is 7.81. The van der Waals surface area contributed by atoms with Crippen LogP contribution in [0.15, 0.2) is 34.0 Å². The molecule has 1 saturated heterocycles. The van der Waals surface area contributed by atoms with E-state index in [4.69, 9.17) is 22.1 Å². The van der Waals surface area contributed by atoms with Gasteiger partial charge >= 0.3 is 5.69 Å². The number of carbonyl (C=O) groups excluding carboxylic acids is 1. The van der Waals surface area contributed by atoms with E-state index in [9.17, 15) is 14.4 Å². The zero-order valence-corrected chi connectivity index (χ0v) is 17.1. The average Bonchev–Trinajstić information content (AvgIpc) is 3.00. The van der Waals surface area contributed by atoms with Crippen LogP contribution in [0.5, 0.6) is 0 Å². The number of nitrogens with two attached hydrogens (primary N) is 1. The summed E-state index contributed by atoms with van der Waals surface area (Å²) in [4.78, 5) is 38.3. The fourth-order valence-corrected chi connectivity index (χ4v) is 4.58. The number of aromatic nitrogens is 2. The molecule has 0 aliphatic carbocycles. The van der Waals surface area contributed by atoms with Crippen LogP contribution in [0, 0.1) is 0 Å². The summed E-state index contributed by atoms with van der Waals surface area (Å²) in [7, 11) is 3.11. The van der Waals surface area contributed by atoms with Gasteiger partial charge in [-0.05, 0) is 36.1 Å². The van der Waals surface area contributed by atoms with Crippen molar-refractivity contribution in [3.8, 4) is 0 Å². The van der Waals surface area contributed by atoms with Crippen LogP contribution in [0.2, 0.25) is 5.02 Å². The highest BCUT2D eigenvalue weighted by Crippen LogP contribution is 2.50. The van der Waals surface area contributed by atoms with Crippen molar-refractivity contribution >= 4 is 17.5 Å². The molecule has 2 N–H and O–H groups in total. The first-order valence-electron chi connectivity index (χ1n) is 9.47. The van der Waals surface area contributed by atoms with Gasteiger partial charge in [0, 0.05) is 50.5 Å². The molecule has 154 valence electrons. The normalized spacial score (nSPS) is 20.7. The van der Waals surface area contributed by atoms with Crippen LogP contribution in [0.25, 0.3) is 0 Å². The van der Waals surface area contributed by atoms with Crippen molar-refractivity contribution in [2.45, 2.75) is 31.1 Å². The number of aryl methyl sites for hydroxylation is 1. The van der Waals surface area contributed by atoms with Gasteiger partial charge in [-0.3, -0.25) is 19.1 Å². The SMILES string of the molecule is Cn1cc(CN2CCC3(CC2)OC(C(N)=O)c2ccc(Cl)cc23)c(=O)n(C)c1=O. The predicted octanol–water partition coefficient (Wildman–Crippen LogP) is 0.785. The number of piperidine rings is 1. The Balaban J connectivity index is 1.56. The van der Waals surface area contributed by atoms with Crippen molar-refractivity contribution in [1.29, 1.82) is 0 Å². The Labute approximate surface area is 172 Å². The van der Waals surface area contributed by atoms with Gasteiger partial charge in [0.1, 0.15) is 0 Å². The van der Waals surface area contributed by atoms with Gasteiger partial charge in [-0.2, -0.15) is 0 Å². The van der Waals surface area contributed by atoms with E-state index in [1.54, 1.807) is 19.3 Å². The maximum atomic E-state index is 12.4. The van der Waals surface area contributed by atoms with Crippen LogP contribution in [0.4, 0.5) is 0 Å². The summed E-state index contributed by atoms with van der Waals surface area (Å²) >= 11 is 6.20. The molecule has 1 aromatic heterocycles. The Morgan fingerprint density at radius 1 is 1.28 bits per heavy atom. The van der Waals surface area contributed by atoms with Crippen LogP contribution in [0.1, 0.15) is 35.6 Å². The third kappa shape index (κ3) is 3.31. The molecule has 29 heavy (non-hydrogen) atoms. The van der Waals surface area contributed by atoms with Crippen LogP contribution in [-0.2, 0) is 35.8 Å². The molecular formula is C20H23ClN4O4. The second kappa shape index (κ2) is 7.12. The number of ether oxygens (including phenoxy) is 1. The Hall–Kier alpha value is -2.42. The van der Waals surface area contributed by atoms with Crippen molar-refractivity contribution in [3.05, 3.63) is 66.9 Å². The summed E-state index contributed by atoms with van der Waals surface area (Å²) in [5.74, 6) is -0.512. The summed E-state index contributed by atoms with van der Waals surface area (Å²) in [6.07, 6.45) is 2.12. The van der Waals surface area contributed by atoms with E-state index in [2.05, 4.69) is 4.90 Å². The van der Waals surface area contributed by atoms with Gasteiger partial charge in [-0.1, -0.05) is 17.7 Å². The number of carbonyl (C=O) groups is 1. The molecule has 4 rings (SSSR count). The quantitative estimate of drug-likeness (QED) is 0.794. The van der Waals surface area contributed by atoms with E-state index < -0.39 is 17.6 Å². The van der Waals surface area contributed by atoms with E-state index in [-0.39, 0.29) is 11.2 Å². The van der Waals surface area contributed by atoms with Crippen LogP contribution >= 0.6 is 11.6 Å². The van der Waals surface area contributed by atoms with Crippen molar-refractivity contribution in [1.82, 2.24) is 14.0 Å². The van der Waals surface area contributed by atoms with Crippen molar-refractivity contribution in [2.75, 3.05) is 13.1 Å². The minimum absolute atomic E-state index is 0.281. The molecule has 2 aliphatic heterocycles. The summed E-state index contributed by atoms with van der Waals surface area (Å²) in [5.41, 5.74) is 6.59. The molecule has 1 atom stereocenters. The Morgan fingerprint density at radius 2 is 1.97 bits per heavy atom. The van der Waals surface area contributed by atoms with Gasteiger partial charge in [0.05, 0.1) is 5.60 Å². The van der Waals surface area contributed by atoms with Crippen molar-refractivity contribution in [3.63, 3.8) is 0 Å². The number of rotatable bonds is 3. The first-order valence-corrected chi connectivity index (χ1v) is 9.84. The van der Waals surface area contributed by atoms with Gasteiger partial charge in [0.15, 0.2) is 6.10 Å². The van der Waals surface area contributed by atoms with Gasteiger partial charge in [-0.25, -0.2) is 4.79 Å². The maximum Gasteiger partial charge on any atom is 0.330 e. The van der Waals surface area contributed by atoms with Crippen molar-refractivity contribution in [2.24, 2.45) is 19.8 Å². The molecular weight excluding hydrogens is 396 g/mol. The van der Waals surface area contributed by atoms with Crippen LogP contribution in [0.3, 0.4) is 0 Å².